The maximum atomic E-state index is 11.9. The Hall–Kier alpha value is -2.26. The lowest BCUT2D eigenvalue weighted by Crippen LogP contribution is -2.15. The molecule has 0 fully saturated rings. The van der Waals surface area contributed by atoms with Gasteiger partial charge in [0.05, 0.1) is 12.6 Å². The number of aromatic amines is 1. The second-order valence-electron chi connectivity index (χ2n) is 4.87. The number of thiazole rings is 1. The molecule has 2 aromatic rings. The highest BCUT2D eigenvalue weighted by Crippen LogP contribution is 2.18. The monoisotopic (exact) mass is 300 g/mol. The quantitative estimate of drug-likeness (QED) is 0.881. The number of hydrogen-bond donors (Lipinski definition) is 1. The summed E-state index contributed by atoms with van der Waals surface area (Å²) in [6, 6.07) is 4.08. The zero-order chi connectivity index (χ0) is 15.4. The standard InChI is InChI=1S/C15H16N4OS/c1-9-4-10(2)18-14(20)13(9)7-17-6-12(5-16)15-19-11(3)8-21-15/h4,6,8,12H,7H2,1-3H3,(H,18,20). The smallest absolute Gasteiger partial charge is 0.253 e. The Morgan fingerprint density at radius 3 is 2.86 bits per heavy atom. The number of H-pyrrole nitrogens is 1. The second-order valence-corrected chi connectivity index (χ2v) is 5.76. The molecule has 0 amide bonds. The molecule has 5 nitrogen and oxygen atoms in total. The van der Waals surface area contributed by atoms with Crippen LogP contribution in [0.2, 0.25) is 0 Å². The minimum atomic E-state index is -0.464. The van der Waals surface area contributed by atoms with Gasteiger partial charge in [0, 0.05) is 28.5 Å². The van der Waals surface area contributed by atoms with E-state index in [0.29, 0.717) is 5.56 Å². The van der Waals surface area contributed by atoms with Crippen molar-refractivity contribution in [3.05, 3.63) is 49.3 Å². The van der Waals surface area contributed by atoms with Crippen LogP contribution in [0.1, 0.15) is 33.4 Å². The number of nitriles is 1. The predicted octanol–water partition coefficient (Wildman–Crippen LogP) is 2.63. The molecule has 1 atom stereocenters. The van der Waals surface area contributed by atoms with E-state index >= 15 is 0 Å². The van der Waals surface area contributed by atoms with E-state index in [-0.39, 0.29) is 12.1 Å². The van der Waals surface area contributed by atoms with Crippen molar-refractivity contribution in [1.29, 1.82) is 5.26 Å². The molecular weight excluding hydrogens is 284 g/mol. The first-order valence-electron chi connectivity index (χ1n) is 6.52. The summed E-state index contributed by atoms with van der Waals surface area (Å²) in [5.41, 5.74) is 3.15. The van der Waals surface area contributed by atoms with Gasteiger partial charge in [0.25, 0.3) is 5.56 Å². The SMILES string of the molecule is Cc1csc(C(C#N)C=NCc2c(C)cc(C)[nH]c2=O)n1. The third kappa shape index (κ3) is 3.64. The van der Waals surface area contributed by atoms with E-state index in [2.05, 4.69) is 21.0 Å². The van der Waals surface area contributed by atoms with Gasteiger partial charge in [-0.2, -0.15) is 5.26 Å². The third-order valence-corrected chi connectivity index (χ3v) is 4.09. The number of aromatic nitrogens is 2. The highest BCUT2D eigenvalue weighted by Gasteiger charge is 2.11. The van der Waals surface area contributed by atoms with Crippen LogP contribution in [0.4, 0.5) is 0 Å². The Bertz CT molecular complexity index is 767. The molecule has 2 heterocycles. The maximum absolute atomic E-state index is 11.9. The van der Waals surface area contributed by atoms with E-state index in [1.165, 1.54) is 11.3 Å². The van der Waals surface area contributed by atoms with Gasteiger partial charge in [0.1, 0.15) is 10.9 Å². The first-order valence-corrected chi connectivity index (χ1v) is 7.40. The molecule has 2 rings (SSSR count). The molecule has 108 valence electrons. The molecular formula is C15H16N4OS. The van der Waals surface area contributed by atoms with Crippen molar-refractivity contribution in [1.82, 2.24) is 9.97 Å². The van der Waals surface area contributed by atoms with Crippen molar-refractivity contribution in [3.63, 3.8) is 0 Å². The molecule has 0 radical (unpaired) electrons. The lowest BCUT2D eigenvalue weighted by molar-refractivity contribution is 0.968. The lowest BCUT2D eigenvalue weighted by atomic mass is 10.1. The van der Waals surface area contributed by atoms with Gasteiger partial charge in [0.2, 0.25) is 0 Å². The zero-order valence-corrected chi connectivity index (χ0v) is 13.0. The van der Waals surface area contributed by atoms with E-state index in [1.54, 1.807) is 6.21 Å². The molecule has 0 aromatic carbocycles. The highest BCUT2D eigenvalue weighted by molar-refractivity contribution is 7.09. The van der Waals surface area contributed by atoms with Crippen LogP contribution in [0.5, 0.6) is 0 Å². The molecule has 1 unspecified atom stereocenters. The van der Waals surface area contributed by atoms with Gasteiger partial charge in [-0.1, -0.05) is 0 Å². The summed E-state index contributed by atoms with van der Waals surface area (Å²) in [5, 5.41) is 11.8. The summed E-state index contributed by atoms with van der Waals surface area (Å²) in [4.78, 5) is 23.2. The number of nitrogens with one attached hydrogen (secondary N) is 1. The van der Waals surface area contributed by atoms with E-state index < -0.39 is 5.92 Å². The van der Waals surface area contributed by atoms with Gasteiger partial charge in [-0.05, 0) is 32.4 Å². The van der Waals surface area contributed by atoms with Crippen LogP contribution < -0.4 is 5.56 Å². The Morgan fingerprint density at radius 2 is 2.29 bits per heavy atom. The number of hydrogen-bond acceptors (Lipinski definition) is 5. The van der Waals surface area contributed by atoms with E-state index in [4.69, 9.17) is 0 Å². The number of aryl methyl sites for hydroxylation is 3. The van der Waals surface area contributed by atoms with Gasteiger partial charge in [-0.15, -0.1) is 11.3 Å². The third-order valence-electron chi connectivity index (χ3n) is 3.04. The van der Waals surface area contributed by atoms with Crippen molar-refractivity contribution in [2.75, 3.05) is 0 Å². The molecule has 0 aliphatic carbocycles. The molecule has 0 spiro atoms. The molecule has 0 saturated carbocycles. The minimum absolute atomic E-state index is 0.122. The van der Waals surface area contributed by atoms with Crippen molar-refractivity contribution < 1.29 is 0 Å². The molecule has 0 aliphatic heterocycles. The average molecular weight is 300 g/mol. The molecule has 21 heavy (non-hydrogen) atoms. The summed E-state index contributed by atoms with van der Waals surface area (Å²) in [6.07, 6.45) is 1.57. The Kier molecular flexibility index (Phi) is 4.66. The minimum Gasteiger partial charge on any atom is -0.326 e. The summed E-state index contributed by atoms with van der Waals surface area (Å²) in [6.45, 7) is 5.89. The van der Waals surface area contributed by atoms with Crippen LogP contribution in [0, 0.1) is 32.1 Å². The number of nitrogens with zero attached hydrogens (tertiary/aromatic N) is 3. The molecule has 0 bridgehead atoms. The number of rotatable bonds is 4. The number of pyridine rings is 1. The van der Waals surface area contributed by atoms with Gasteiger partial charge < -0.3 is 4.98 Å². The van der Waals surface area contributed by atoms with Crippen molar-refractivity contribution in [2.24, 2.45) is 4.99 Å². The Balaban J connectivity index is 2.15. The largest absolute Gasteiger partial charge is 0.326 e. The summed E-state index contributed by atoms with van der Waals surface area (Å²) in [5.74, 6) is -0.464. The topological polar surface area (TPSA) is 81.9 Å². The molecule has 0 aliphatic rings. The lowest BCUT2D eigenvalue weighted by Gasteiger charge is -2.03. The fourth-order valence-electron chi connectivity index (χ4n) is 1.99. The van der Waals surface area contributed by atoms with Crippen molar-refractivity contribution in [3.8, 4) is 6.07 Å². The highest BCUT2D eigenvalue weighted by atomic mass is 32.1. The van der Waals surface area contributed by atoms with Crippen LogP contribution in [0.3, 0.4) is 0 Å². The number of aliphatic imine (C=N–C) groups is 1. The zero-order valence-electron chi connectivity index (χ0n) is 12.2. The first-order chi connectivity index (χ1) is 10.0. The normalized spacial score (nSPS) is 12.5. The average Bonchev–Trinajstić information content (AvgIpc) is 2.83. The summed E-state index contributed by atoms with van der Waals surface area (Å²) in [7, 11) is 0. The summed E-state index contributed by atoms with van der Waals surface area (Å²) >= 11 is 1.44. The summed E-state index contributed by atoms with van der Waals surface area (Å²) < 4.78 is 0. The predicted molar refractivity (Wildman–Crippen MR) is 83.9 cm³/mol. The molecule has 1 N–H and O–H groups in total. The first kappa shape index (κ1) is 15.1. The fraction of sp³-hybridized carbons (Fsp3) is 0.333. The Morgan fingerprint density at radius 1 is 1.52 bits per heavy atom. The molecule has 6 heteroatoms. The van der Waals surface area contributed by atoms with Crippen LogP contribution in [0.25, 0.3) is 0 Å². The van der Waals surface area contributed by atoms with Gasteiger partial charge >= 0.3 is 0 Å². The fourth-order valence-corrected chi connectivity index (χ4v) is 2.80. The molecule has 0 saturated heterocycles. The maximum Gasteiger partial charge on any atom is 0.253 e. The molecule has 2 aromatic heterocycles. The van der Waals surface area contributed by atoms with Gasteiger partial charge in [-0.3, -0.25) is 9.79 Å². The second kappa shape index (κ2) is 6.46. The van der Waals surface area contributed by atoms with E-state index in [1.807, 2.05) is 32.2 Å². The Labute approximate surface area is 127 Å². The van der Waals surface area contributed by atoms with Crippen LogP contribution in [0.15, 0.2) is 21.2 Å². The van der Waals surface area contributed by atoms with Crippen LogP contribution in [-0.4, -0.2) is 16.2 Å². The van der Waals surface area contributed by atoms with Gasteiger partial charge in [-0.25, -0.2) is 4.98 Å². The van der Waals surface area contributed by atoms with Crippen LogP contribution in [-0.2, 0) is 6.54 Å². The van der Waals surface area contributed by atoms with Crippen LogP contribution >= 0.6 is 11.3 Å². The van der Waals surface area contributed by atoms with Crippen molar-refractivity contribution >= 4 is 17.6 Å². The van der Waals surface area contributed by atoms with Gasteiger partial charge in [0.15, 0.2) is 0 Å². The van der Waals surface area contributed by atoms with Crippen molar-refractivity contribution in [2.45, 2.75) is 33.2 Å². The van der Waals surface area contributed by atoms with E-state index in [9.17, 15) is 10.1 Å². The van der Waals surface area contributed by atoms with E-state index in [0.717, 1.165) is 22.0 Å².